The summed E-state index contributed by atoms with van der Waals surface area (Å²) in [6.07, 6.45) is 1.82. The van der Waals surface area contributed by atoms with E-state index in [1.165, 1.54) is 10.8 Å². The first kappa shape index (κ1) is 29.5. The summed E-state index contributed by atoms with van der Waals surface area (Å²) in [6.45, 7) is 0. The van der Waals surface area contributed by atoms with E-state index in [2.05, 4.69) is 133 Å². The third kappa shape index (κ3) is 4.71. The first-order valence-electron chi connectivity index (χ1n) is 17.7. The second-order valence-corrected chi connectivity index (χ2v) is 13.4. The molecule has 0 aliphatic carbocycles. The van der Waals surface area contributed by atoms with E-state index in [4.69, 9.17) is 24.4 Å². The number of nitrogens with zero attached hydrogens (tertiary/aromatic N) is 4. The Kier molecular flexibility index (Phi) is 6.48. The maximum Gasteiger partial charge on any atom is 0.164 e. The van der Waals surface area contributed by atoms with Gasteiger partial charge in [0.1, 0.15) is 11.1 Å². The summed E-state index contributed by atoms with van der Waals surface area (Å²) in [5, 5.41) is 10.1. The van der Waals surface area contributed by atoms with Crippen LogP contribution in [-0.2, 0) is 0 Å². The predicted molar refractivity (Wildman–Crippen MR) is 217 cm³/mol. The molecule has 0 saturated carbocycles. The molecule has 8 aromatic carbocycles. The standard InChI is InChI=1S/C48H28N4O/c1-2-12-29(13-3-1)46-50-47(52-48(51-46)41-27-31-15-5-6-16-33(31)35-18-8-9-19-37(35)41)32-26-30-14-4-7-17-34(30)40(28-32)36-20-10-21-39-38(36)23-24-42-44(39)45-43(53-42)22-11-25-49-45/h1-28H. The number of pyridine rings is 1. The molecule has 11 aromatic rings. The highest BCUT2D eigenvalue weighted by Crippen LogP contribution is 2.41. The Labute approximate surface area is 303 Å². The summed E-state index contributed by atoms with van der Waals surface area (Å²) >= 11 is 0. The molecule has 11 rings (SSSR count). The Bertz CT molecular complexity index is 3240. The summed E-state index contributed by atoms with van der Waals surface area (Å²) in [6, 6.07) is 57.0. The Morgan fingerprint density at radius 1 is 0.358 bits per heavy atom. The maximum atomic E-state index is 6.21. The van der Waals surface area contributed by atoms with Crippen molar-refractivity contribution in [3.63, 3.8) is 0 Å². The Hall–Kier alpha value is -7.24. The van der Waals surface area contributed by atoms with E-state index in [1.54, 1.807) is 0 Å². The van der Waals surface area contributed by atoms with E-state index in [1.807, 2.05) is 36.5 Å². The minimum Gasteiger partial charge on any atom is -0.454 e. The lowest BCUT2D eigenvalue weighted by molar-refractivity contribution is 0.668. The van der Waals surface area contributed by atoms with Crippen molar-refractivity contribution >= 4 is 65.2 Å². The van der Waals surface area contributed by atoms with E-state index >= 15 is 0 Å². The van der Waals surface area contributed by atoms with Gasteiger partial charge in [-0.05, 0) is 90.6 Å². The quantitative estimate of drug-likeness (QED) is 0.174. The van der Waals surface area contributed by atoms with Crippen LogP contribution in [0.25, 0.3) is 110 Å². The average molecular weight is 677 g/mol. The number of fused-ring (bicyclic) bond motifs is 9. The number of hydrogen-bond donors (Lipinski definition) is 0. The first-order chi connectivity index (χ1) is 26.3. The molecule has 0 N–H and O–H groups in total. The third-order valence-electron chi connectivity index (χ3n) is 10.3. The van der Waals surface area contributed by atoms with Crippen molar-refractivity contribution in [2.45, 2.75) is 0 Å². The molecule has 0 amide bonds. The lowest BCUT2D eigenvalue weighted by atomic mass is 9.91. The van der Waals surface area contributed by atoms with Gasteiger partial charge in [-0.2, -0.15) is 0 Å². The topological polar surface area (TPSA) is 64.7 Å². The van der Waals surface area contributed by atoms with Crippen molar-refractivity contribution in [2.75, 3.05) is 0 Å². The highest BCUT2D eigenvalue weighted by atomic mass is 16.3. The molecule has 0 fully saturated rings. The Balaban J connectivity index is 1.18. The van der Waals surface area contributed by atoms with Crippen molar-refractivity contribution in [1.82, 2.24) is 19.9 Å². The van der Waals surface area contributed by atoms with Gasteiger partial charge in [0.2, 0.25) is 0 Å². The molecule has 3 aromatic heterocycles. The lowest BCUT2D eigenvalue weighted by Gasteiger charge is -2.15. The molecule has 5 nitrogen and oxygen atoms in total. The molecule has 0 unspecified atom stereocenters. The predicted octanol–water partition coefficient (Wildman–Crippen LogP) is 12.4. The second kappa shape index (κ2) is 11.7. The highest BCUT2D eigenvalue weighted by Gasteiger charge is 2.19. The molecular formula is C48H28N4O. The summed E-state index contributed by atoms with van der Waals surface area (Å²) < 4.78 is 6.21. The van der Waals surface area contributed by atoms with Crippen molar-refractivity contribution in [3.8, 4) is 45.3 Å². The molecule has 246 valence electrons. The summed E-state index contributed by atoms with van der Waals surface area (Å²) in [4.78, 5) is 20.3. The average Bonchev–Trinajstić information content (AvgIpc) is 3.62. The SMILES string of the molecule is c1ccc(-c2nc(-c3cc(-c4cccc5c4ccc4oc6cccnc6c45)c4ccccc4c3)nc(-c3cc4ccccc4c4ccccc34)n2)cc1. The molecule has 53 heavy (non-hydrogen) atoms. The van der Waals surface area contributed by atoms with Crippen LogP contribution < -0.4 is 0 Å². The van der Waals surface area contributed by atoms with Gasteiger partial charge < -0.3 is 4.42 Å². The van der Waals surface area contributed by atoms with Crippen molar-refractivity contribution in [3.05, 3.63) is 170 Å². The van der Waals surface area contributed by atoms with Crippen LogP contribution >= 0.6 is 0 Å². The van der Waals surface area contributed by atoms with E-state index in [0.29, 0.717) is 17.5 Å². The van der Waals surface area contributed by atoms with Gasteiger partial charge >= 0.3 is 0 Å². The van der Waals surface area contributed by atoms with E-state index in [0.717, 1.165) is 82.2 Å². The minimum atomic E-state index is 0.616. The number of benzene rings is 8. The number of rotatable bonds is 4. The molecule has 0 saturated heterocycles. The number of furan rings is 1. The van der Waals surface area contributed by atoms with E-state index < -0.39 is 0 Å². The van der Waals surface area contributed by atoms with Crippen molar-refractivity contribution in [2.24, 2.45) is 0 Å². The lowest BCUT2D eigenvalue weighted by Crippen LogP contribution is -2.01. The van der Waals surface area contributed by atoms with Gasteiger partial charge in [-0.1, -0.05) is 127 Å². The first-order valence-corrected chi connectivity index (χ1v) is 17.7. The normalized spacial score (nSPS) is 11.8. The fourth-order valence-corrected chi connectivity index (χ4v) is 7.92. The van der Waals surface area contributed by atoms with E-state index in [9.17, 15) is 0 Å². The third-order valence-corrected chi connectivity index (χ3v) is 10.3. The monoisotopic (exact) mass is 676 g/mol. The smallest absolute Gasteiger partial charge is 0.164 e. The largest absolute Gasteiger partial charge is 0.454 e. The molecular weight excluding hydrogens is 649 g/mol. The van der Waals surface area contributed by atoms with Crippen LogP contribution in [0.1, 0.15) is 0 Å². The van der Waals surface area contributed by atoms with Crippen LogP contribution in [0.4, 0.5) is 0 Å². The Morgan fingerprint density at radius 2 is 1.02 bits per heavy atom. The molecule has 0 spiro atoms. The van der Waals surface area contributed by atoms with Crippen molar-refractivity contribution in [1.29, 1.82) is 0 Å². The molecule has 5 heteroatoms. The fraction of sp³-hybridized carbons (Fsp3) is 0. The van der Waals surface area contributed by atoms with Crippen LogP contribution in [0.15, 0.2) is 174 Å². The van der Waals surface area contributed by atoms with Gasteiger partial charge in [-0.25, -0.2) is 15.0 Å². The molecule has 0 aliphatic rings. The molecule has 0 aliphatic heterocycles. The zero-order valence-corrected chi connectivity index (χ0v) is 28.4. The van der Waals surface area contributed by atoms with Crippen LogP contribution in [0, 0.1) is 0 Å². The van der Waals surface area contributed by atoms with Gasteiger partial charge in [-0.3, -0.25) is 4.98 Å². The second-order valence-electron chi connectivity index (χ2n) is 13.4. The van der Waals surface area contributed by atoms with Gasteiger partial charge in [0.15, 0.2) is 23.1 Å². The molecule has 0 radical (unpaired) electrons. The highest BCUT2D eigenvalue weighted by molar-refractivity contribution is 6.21. The summed E-state index contributed by atoms with van der Waals surface area (Å²) in [7, 11) is 0. The molecule has 3 heterocycles. The van der Waals surface area contributed by atoms with Crippen LogP contribution in [0.5, 0.6) is 0 Å². The Morgan fingerprint density at radius 3 is 1.87 bits per heavy atom. The zero-order valence-electron chi connectivity index (χ0n) is 28.4. The van der Waals surface area contributed by atoms with Gasteiger partial charge in [0, 0.05) is 22.9 Å². The van der Waals surface area contributed by atoms with Crippen molar-refractivity contribution < 1.29 is 4.42 Å². The number of aromatic nitrogens is 4. The van der Waals surface area contributed by atoms with Gasteiger partial charge in [0.25, 0.3) is 0 Å². The summed E-state index contributed by atoms with van der Waals surface area (Å²) in [5.41, 5.74) is 7.52. The summed E-state index contributed by atoms with van der Waals surface area (Å²) in [5.74, 6) is 1.88. The fourth-order valence-electron chi connectivity index (χ4n) is 7.92. The van der Waals surface area contributed by atoms with E-state index in [-0.39, 0.29) is 0 Å². The van der Waals surface area contributed by atoms with Gasteiger partial charge in [0.05, 0.1) is 5.39 Å². The van der Waals surface area contributed by atoms with Crippen LogP contribution in [-0.4, -0.2) is 19.9 Å². The number of hydrogen-bond acceptors (Lipinski definition) is 5. The molecule has 0 bridgehead atoms. The van der Waals surface area contributed by atoms with Crippen LogP contribution in [0.2, 0.25) is 0 Å². The molecule has 0 atom stereocenters. The minimum absolute atomic E-state index is 0.616. The zero-order chi connectivity index (χ0) is 34.9. The van der Waals surface area contributed by atoms with Gasteiger partial charge in [-0.15, -0.1) is 0 Å². The van der Waals surface area contributed by atoms with Crippen LogP contribution in [0.3, 0.4) is 0 Å². The maximum absolute atomic E-state index is 6.21.